The van der Waals surface area contributed by atoms with Crippen molar-refractivity contribution in [2.45, 2.75) is 26.2 Å². The van der Waals surface area contributed by atoms with Gasteiger partial charge in [0.2, 0.25) is 0 Å². The first-order valence-corrected chi connectivity index (χ1v) is 6.69. The van der Waals surface area contributed by atoms with Crippen molar-refractivity contribution in [2.75, 3.05) is 30.7 Å². The first-order valence-electron chi connectivity index (χ1n) is 6.69. The lowest BCUT2D eigenvalue weighted by atomic mass is 10.1. The van der Waals surface area contributed by atoms with Crippen molar-refractivity contribution < 1.29 is 0 Å². The molecule has 1 fully saturated rings. The number of hydrogen-bond donors (Lipinski definition) is 2. The highest BCUT2D eigenvalue weighted by atomic mass is 15.1. The Morgan fingerprint density at radius 1 is 1.33 bits per heavy atom. The van der Waals surface area contributed by atoms with E-state index < -0.39 is 0 Å². The summed E-state index contributed by atoms with van der Waals surface area (Å²) in [4.78, 5) is 2.46. The zero-order chi connectivity index (χ0) is 13.0. The molecule has 1 saturated heterocycles. The molecule has 1 aromatic rings. The maximum Gasteiger partial charge on any atom is 0.0432 e. The second kappa shape index (κ2) is 5.91. The van der Waals surface area contributed by atoms with Crippen LogP contribution in [0.4, 0.5) is 11.4 Å². The number of likely N-dealkylation sites (tertiary alicyclic amines) is 1. The van der Waals surface area contributed by atoms with Gasteiger partial charge in [-0.05, 0) is 50.6 Å². The Balaban J connectivity index is 1.92. The lowest BCUT2D eigenvalue weighted by Gasteiger charge is -2.27. The van der Waals surface area contributed by atoms with Gasteiger partial charge in [-0.1, -0.05) is 19.1 Å². The summed E-state index contributed by atoms with van der Waals surface area (Å²) in [6.07, 6.45) is 3.99. The quantitative estimate of drug-likeness (QED) is 0.801. The van der Waals surface area contributed by atoms with E-state index in [1.165, 1.54) is 32.4 Å². The number of anilines is 2. The standard InChI is InChI=1S/C15H23N3/c1-12(11-18-9-4-3-5-10-18)17-15-8-6-7-14(16)13(15)2/h6-8,17H,1,3-5,9-11,16H2,2H3. The SMILES string of the molecule is C=C(CN1CCCCC1)Nc1cccc(N)c1C. The van der Waals surface area contributed by atoms with Gasteiger partial charge in [-0.2, -0.15) is 0 Å². The minimum absolute atomic E-state index is 0.825. The molecular weight excluding hydrogens is 222 g/mol. The number of nitrogens with two attached hydrogens (primary N) is 1. The van der Waals surface area contributed by atoms with E-state index in [1.54, 1.807) is 0 Å². The van der Waals surface area contributed by atoms with Crippen LogP contribution in [-0.4, -0.2) is 24.5 Å². The van der Waals surface area contributed by atoms with Gasteiger partial charge in [-0.15, -0.1) is 0 Å². The maximum absolute atomic E-state index is 5.90. The van der Waals surface area contributed by atoms with Gasteiger partial charge in [-0.25, -0.2) is 0 Å². The lowest BCUT2D eigenvalue weighted by molar-refractivity contribution is 0.247. The molecule has 0 bridgehead atoms. The van der Waals surface area contributed by atoms with E-state index in [1.807, 2.05) is 25.1 Å². The maximum atomic E-state index is 5.90. The third kappa shape index (κ3) is 3.26. The van der Waals surface area contributed by atoms with Gasteiger partial charge in [-0.3, -0.25) is 4.90 Å². The van der Waals surface area contributed by atoms with Gasteiger partial charge >= 0.3 is 0 Å². The monoisotopic (exact) mass is 245 g/mol. The van der Waals surface area contributed by atoms with Gasteiger partial charge in [0.05, 0.1) is 0 Å². The summed E-state index contributed by atoms with van der Waals surface area (Å²) in [6, 6.07) is 5.94. The molecule has 1 heterocycles. The fourth-order valence-corrected chi connectivity index (χ4v) is 2.41. The molecule has 98 valence electrons. The first-order chi connectivity index (χ1) is 8.66. The number of piperidine rings is 1. The van der Waals surface area contributed by atoms with E-state index in [2.05, 4.69) is 16.8 Å². The number of nitrogens with one attached hydrogen (secondary N) is 1. The highest BCUT2D eigenvalue weighted by Gasteiger charge is 2.11. The molecule has 0 amide bonds. The topological polar surface area (TPSA) is 41.3 Å². The molecule has 0 unspecified atom stereocenters. The van der Waals surface area contributed by atoms with E-state index >= 15 is 0 Å². The summed E-state index contributed by atoms with van der Waals surface area (Å²) in [7, 11) is 0. The Morgan fingerprint density at radius 3 is 2.78 bits per heavy atom. The van der Waals surface area contributed by atoms with Crippen molar-refractivity contribution in [3.8, 4) is 0 Å². The molecule has 18 heavy (non-hydrogen) atoms. The van der Waals surface area contributed by atoms with Crippen molar-refractivity contribution in [3.05, 3.63) is 36.0 Å². The average molecular weight is 245 g/mol. The number of rotatable bonds is 4. The van der Waals surface area contributed by atoms with E-state index in [-0.39, 0.29) is 0 Å². The minimum atomic E-state index is 0.825. The second-order valence-electron chi connectivity index (χ2n) is 5.09. The largest absolute Gasteiger partial charge is 0.398 e. The third-order valence-corrected chi connectivity index (χ3v) is 3.55. The predicted molar refractivity (Wildman–Crippen MR) is 78.6 cm³/mol. The Bertz CT molecular complexity index is 420. The summed E-state index contributed by atoms with van der Waals surface area (Å²) in [5.74, 6) is 0. The molecule has 1 aliphatic rings. The van der Waals surface area contributed by atoms with E-state index in [0.717, 1.165) is 29.2 Å². The first kappa shape index (κ1) is 13.0. The number of hydrogen-bond acceptors (Lipinski definition) is 3. The fraction of sp³-hybridized carbons (Fsp3) is 0.467. The van der Waals surface area contributed by atoms with Crippen LogP contribution in [-0.2, 0) is 0 Å². The summed E-state index contributed by atoms with van der Waals surface area (Å²) < 4.78 is 0. The molecule has 0 aromatic heterocycles. The number of nitrogen functional groups attached to an aromatic ring is 1. The Kier molecular flexibility index (Phi) is 4.26. The molecule has 1 aromatic carbocycles. The zero-order valence-electron chi connectivity index (χ0n) is 11.2. The number of benzene rings is 1. The highest BCUT2D eigenvalue weighted by molar-refractivity contribution is 5.64. The molecule has 0 spiro atoms. The van der Waals surface area contributed by atoms with Crippen molar-refractivity contribution in [1.82, 2.24) is 4.90 Å². The summed E-state index contributed by atoms with van der Waals surface area (Å²) >= 11 is 0. The molecule has 1 aliphatic heterocycles. The predicted octanol–water partition coefficient (Wildman–Crippen LogP) is 2.99. The third-order valence-electron chi connectivity index (χ3n) is 3.55. The van der Waals surface area contributed by atoms with Crippen LogP contribution >= 0.6 is 0 Å². The Labute approximate surface area is 110 Å². The number of nitrogens with zero attached hydrogens (tertiary/aromatic N) is 1. The van der Waals surface area contributed by atoms with Crippen LogP contribution in [0.3, 0.4) is 0 Å². The van der Waals surface area contributed by atoms with Crippen molar-refractivity contribution in [3.63, 3.8) is 0 Å². The lowest BCUT2D eigenvalue weighted by Crippen LogP contribution is -2.32. The second-order valence-corrected chi connectivity index (χ2v) is 5.09. The molecule has 0 atom stereocenters. The van der Waals surface area contributed by atoms with Gasteiger partial charge in [0, 0.05) is 23.6 Å². The van der Waals surface area contributed by atoms with Crippen molar-refractivity contribution in [1.29, 1.82) is 0 Å². The van der Waals surface area contributed by atoms with Crippen LogP contribution in [0, 0.1) is 6.92 Å². The van der Waals surface area contributed by atoms with E-state index in [0.29, 0.717) is 0 Å². The van der Waals surface area contributed by atoms with Gasteiger partial charge in [0.25, 0.3) is 0 Å². The molecule has 3 nitrogen and oxygen atoms in total. The van der Waals surface area contributed by atoms with Crippen LogP contribution in [0.5, 0.6) is 0 Å². The van der Waals surface area contributed by atoms with E-state index in [4.69, 9.17) is 5.73 Å². The molecular formula is C15H23N3. The Hall–Kier alpha value is -1.48. The van der Waals surface area contributed by atoms with Gasteiger partial charge < -0.3 is 11.1 Å². The smallest absolute Gasteiger partial charge is 0.0432 e. The van der Waals surface area contributed by atoms with Crippen molar-refractivity contribution >= 4 is 11.4 Å². The minimum Gasteiger partial charge on any atom is -0.398 e. The molecule has 2 rings (SSSR count). The van der Waals surface area contributed by atoms with Crippen molar-refractivity contribution in [2.24, 2.45) is 0 Å². The summed E-state index contributed by atoms with van der Waals surface area (Å²) in [5.41, 5.74) is 9.93. The molecule has 0 radical (unpaired) electrons. The Morgan fingerprint density at radius 2 is 2.06 bits per heavy atom. The molecule has 0 aliphatic carbocycles. The summed E-state index contributed by atoms with van der Waals surface area (Å²) in [6.45, 7) is 9.46. The highest BCUT2D eigenvalue weighted by Crippen LogP contribution is 2.22. The summed E-state index contributed by atoms with van der Waals surface area (Å²) in [5, 5.41) is 3.38. The average Bonchev–Trinajstić information content (AvgIpc) is 2.36. The van der Waals surface area contributed by atoms with Crippen LogP contribution in [0.2, 0.25) is 0 Å². The van der Waals surface area contributed by atoms with Crippen LogP contribution in [0.1, 0.15) is 24.8 Å². The van der Waals surface area contributed by atoms with Crippen LogP contribution < -0.4 is 11.1 Å². The van der Waals surface area contributed by atoms with Crippen LogP contribution in [0.25, 0.3) is 0 Å². The van der Waals surface area contributed by atoms with Gasteiger partial charge in [0.15, 0.2) is 0 Å². The van der Waals surface area contributed by atoms with Crippen LogP contribution in [0.15, 0.2) is 30.5 Å². The molecule has 0 saturated carbocycles. The van der Waals surface area contributed by atoms with Gasteiger partial charge in [0.1, 0.15) is 0 Å². The molecule has 3 heteroatoms. The normalized spacial score (nSPS) is 16.5. The zero-order valence-corrected chi connectivity index (χ0v) is 11.2. The fourth-order valence-electron chi connectivity index (χ4n) is 2.41. The van der Waals surface area contributed by atoms with E-state index in [9.17, 15) is 0 Å². The molecule has 3 N–H and O–H groups in total.